The molecule has 2 rings (SSSR count). The van der Waals surface area contributed by atoms with Gasteiger partial charge in [-0.3, -0.25) is 0 Å². The van der Waals surface area contributed by atoms with Gasteiger partial charge in [0.05, 0.1) is 6.61 Å². The Bertz CT molecular complexity index is 477. The molecule has 0 fully saturated rings. The Morgan fingerprint density at radius 1 is 1.35 bits per heavy atom. The van der Waals surface area contributed by atoms with E-state index in [2.05, 4.69) is 0 Å². The SMILES string of the molecule is CCOc1ccc(C)cc1C(O)c1ccsc1. The van der Waals surface area contributed by atoms with E-state index >= 15 is 0 Å². The second kappa shape index (κ2) is 5.34. The predicted molar refractivity (Wildman–Crippen MR) is 70.7 cm³/mol. The molecule has 1 unspecified atom stereocenters. The number of aliphatic hydroxyl groups is 1. The first kappa shape index (κ1) is 12.1. The molecule has 2 aromatic rings. The number of benzene rings is 1. The molecule has 1 aromatic heterocycles. The lowest BCUT2D eigenvalue weighted by molar-refractivity contribution is 0.212. The molecular weight excluding hydrogens is 232 g/mol. The largest absolute Gasteiger partial charge is 0.493 e. The van der Waals surface area contributed by atoms with Crippen molar-refractivity contribution in [2.45, 2.75) is 20.0 Å². The first-order valence-corrected chi connectivity index (χ1v) is 6.60. The standard InChI is InChI=1S/C14H16O2S/c1-3-16-13-5-4-10(2)8-12(13)14(15)11-6-7-17-9-11/h4-9,14-15H,3H2,1-2H3. The molecule has 2 nitrogen and oxygen atoms in total. The average Bonchev–Trinajstić information content (AvgIpc) is 2.84. The summed E-state index contributed by atoms with van der Waals surface area (Å²) in [6.07, 6.45) is -0.609. The summed E-state index contributed by atoms with van der Waals surface area (Å²) in [5.74, 6) is 0.761. The fourth-order valence-electron chi connectivity index (χ4n) is 1.78. The molecule has 0 aliphatic carbocycles. The molecule has 1 atom stereocenters. The van der Waals surface area contributed by atoms with Gasteiger partial charge >= 0.3 is 0 Å². The van der Waals surface area contributed by atoms with Crippen LogP contribution in [-0.2, 0) is 0 Å². The van der Waals surface area contributed by atoms with Crippen LogP contribution in [0.4, 0.5) is 0 Å². The zero-order valence-electron chi connectivity index (χ0n) is 10.0. The second-order valence-corrected chi connectivity index (χ2v) is 4.71. The van der Waals surface area contributed by atoms with Gasteiger partial charge in [-0.1, -0.05) is 11.6 Å². The highest BCUT2D eigenvalue weighted by molar-refractivity contribution is 7.07. The van der Waals surface area contributed by atoms with Crippen LogP contribution in [-0.4, -0.2) is 11.7 Å². The van der Waals surface area contributed by atoms with Crippen LogP contribution in [0.2, 0.25) is 0 Å². The summed E-state index contributed by atoms with van der Waals surface area (Å²) in [6.45, 7) is 4.56. The van der Waals surface area contributed by atoms with Gasteiger partial charge in [-0.2, -0.15) is 11.3 Å². The maximum Gasteiger partial charge on any atom is 0.125 e. The lowest BCUT2D eigenvalue weighted by Crippen LogP contribution is -2.03. The normalized spacial score (nSPS) is 12.4. The molecule has 1 aromatic carbocycles. The maximum absolute atomic E-state index is 10.3. The first-order chi connectivity index (χ1) is 8.22. The summed E-state index contributed by atoms with van der Waals surface area (Å²) in [4.78, 5) is 0. The van der Waals surface area contributed by atoms with E-state index in [1.807, 2.05) is 48.9 Å². The van der Waals surface area contributed by atoms with E-state index in [0.29, 0.717) is 6.61 Å². The summed E-state index contributed by atoms with van der Waals surface area (Å²) in [6, 6.07) is 7.83. The van der Waals surface area contributed by atoms with Crippen LogP contribution in [0.15, 0.2) is 35.0 Å². The van der Waals surface area contributed by atoms with Crippen molar-refractivity contribution >= 4 is 11.3 Å². The van der Waals surface area contributed by atoms with E-state index in [1.165, 1.54) is 0 Å². The Labute approximate surface area is 105 Å². The van der Waals surface area contributed by atoms with Crippen LogP contribution >= 0.6 is 11.3 Å². The zero-order valence-corrected chi connectivity index (χ0v) is 10.8. The van der Waals surface area contributed by atoms with Crippen LogP contribution in [0, 0.1) is 6.92 Å². The Kier molecular flexibility index (Phi) is 3.82. The van der Waals surface area contributed by atoms with Gasteiger partial charge in [0.2, 0.25) is 0 Å². The molecule has 3 heteroatoms. The Morgan fingerprint density at radius 2 is 2.18 bits per heavy atom. The highest BCUT2D eigenvalue weighted by Crippen LogP contribution is 2.31. The van der Waals surface area contributed by atoms with Gasteiger partial charge in [0, 0.05) is 5.56 Å². The molecule has 90 valence electrons. The van der Waals surface area contributed by atoms with Gasteiger partial charge in [0.25, 0.3) is 0 Å². The summed E-state index contributed by atoms with van der Waals surface area (Å²) in [5.41, 5.74) is 2.88. The van der Waals surface area contributed by atoms with E-state index in [0.717, 1.165) is 22.4 Å². The molecule has 0 aliphatic rings. The average molecular weight is 248 g/mol. The monoisotopic (exact) mass is 248 g/mol. The minimum atomic E-state index is -0.609. The van der Waals surface area contributed by atoms with Crippen LogP contribution < -0.4 is 4.74 Å². The number of hydrogen-bond donors (Lipinski definition) is 1. The maximum atomic E-state index is 10.3. The highest BCUT2D eigenvalue weighted by Gasteiger charge is 2.16. The molecule has 0 aliphatic heterocycles. The molecule has 0 amide bonds. The quantitative estimate of drug-likeness (QED) is 0.896. The van der Waals surface area contributed by atoms with Crippen LogP contribution in [0.3, 0.4) is 0 Å². The van der Waals surface area contributed by atoms with Crippen molar-refractivity contribution in [3.8, 4) is 5.75 Å². The molecular formula is C14H16O2S. The van der Waals surface area contributed by atoms with Crippen molar-refractivity contribution < 1.29 is 9.84 Å². The van der Waals surface area contributed by atoms with E-state index in [-0.39, 0.29) is 0 Å². The van der Waals surface area contributed by atoms with Crippen LogP contribution in [0.25, 0.3) is 0 Å². The molecule has 1 heterocycles. The van der Waals surface area contributed by atoms with Gasteiger partial charge in [-0.25, -0.2) is 0 Å². The third-order valence-electron chi connectivity index (χ3n) is 2.62. The highest BCUT2D eigenvalue weighted by atomic mass is 32.1. The van der Waals surface area contributed by atoms with Crippen molar-refractivity contribution in [1.82, 2.24) is 0 Å². The molecule has 0 bridgehead atoms. The smallest absolute Gasteiger partial charge is 0.125 e. The molecule has 17 heavy (non-hydrogen) atoms. The number of hydrogen-bond acceptors (Lipinski definition) is 3. The second-order valence-electron chi connectivity index (χ2n) is 3.93. The van der Waals surface area contributed by atoms with Gasteiger partial charge < -0.3 is 9.84 Å². The first-order valence-electron chi connectivity index (χ1n) is 5.66. The van der Waals surface area contributed by atoms with Crippen molar-refractivity contribution in [2.24, 2.45) is 0 Å². The number of aryl methyl sites for hydroxylation is 1. The molecule has 0 radical (unpaired) electrons. The summed E-state index contributed by atoms with van der Waals surface area (Å²) in [7, 11) is 0. The molecule has 0 saturated heterocycles. The fourth-order valence-corrected chi connectivity index (χ4v) is 2.46. The van der Waals surface area contributed by atoms with E-state index in [9.17, 15) is 5.11 Å². The van der Waals surface area contributed by atoms with Crippen molar-refractivity contribution in [1.29, 1.82) is 0 Å². The van der Waals surface area contributed by atoms with Crippen molar-refractivity contribution in [3.63, 3.8) is 0 Å². The Balaban J connectivity index is 2.38. The van der Waals surface area contributed by atoms with Crippen LogP contribution in [0.5, 0.6) is 5.75 Å². The van der Waals surface area contributed by atoms with Gasteiger partial charge in [0.15, 0.2) is 0 Å². The molecule has 1 N–H and O–H groups in total. The zero-order chi connectivity index (χ0) is 12.3. The van der Waals surface area contributed by atoms with Crippen LogP contribution in [0.1, 0.15) is 29.7 Å². The summed E-state index contributed by atoms with van der Waals surface area (Å²) >= 11 is 1.59. The van der Waals surface area contributed by atoms with Gasteiger partial charge in [-0.05, 0) is 48.4 Å². The molecule has 0 spiro atoms. The summed E-state index contributed by atoms with van der Waals surface area (Å²) < 4.78 is 5.55. The minimum Gasteiger partial charge on any atom is -0.493 e. The van der Waals surface area contributed by atoms with E-state index in [1.54, 1.807) is 11.3 Å². The lowest BCUT2D eigenvalue weighted by Gasteiger charge is -2.15. The van der Waals surface area contributed by atoms with E-state index in [4.69, 9.17) is 4.74 Å². The van der Waals surface area contributed by atoms with Gasteiger partial charge in [-0.15, -0.1) is 0 Å². The van der Waals surface area contributed by atoms with Gasteiger partial charge in [0.1, 0.15) is 11.9 Å². The fraction of sp³-hybridized carbons (Fsp3) is 0.286. The number of aliphatic hydroxyl groups excluding tert-OH is 1. The Hall–Kier alpha value is -1.32. The predicted octanol–water partition coefficient (Wildman–Crippen LogP) is 3.54. The third kappa shape index (κ3) is 2.68. The van der Waals surface area contributed by atoms with Crippen molar-refractivity contribution in [2.75, 3.05) is 6.61 Å². The third-order valence-corrected chi connectivity index (χ3v) is 3.32. The summed E-state index contributed by atoms with van der Waals surface area (Å²) in [5, 5.41) is 14.3. The minimum absolute atomic E-state index is 0.604. The number of thiophene rings is 1. The van der Waals surface area contributed by atoms with E-state index < -0.39 is 6.10 Å². The number of ether oxygens (including phenoxy) is 1. The lowest BCUT2D eigenvalue weighted by atomic mass is 10.0. The molecule has 0 saturated carbocycles. The number of rotatable bonds is 4. The Morgan fingerprint density at radius 3 is 2.82 bits per heavy atom. The topological polar surface area (TPSA) is 29.5 Å². The van der Waals surface area contributed by atoms with Crippen molar-refractivity contribution in [3.05, 3.63) is 51.7 Å².